The SMILES string of the molecule is Cc1cc(SC(F)(F)C2CCN(C(=O)Nc3ccnnc3)CC2)n(C)n1. The van der Waals surface area contributed by atoms with Crippen LogP contribution in [0.25, 0.3) is 0 Å². The molecule has 2 aromatic rings. The van der Waals surface area contributed by atoms with Crippen LogP contribution in [0.3, 0.4) is 0 Å². The molecular weight excluding hydrogens is 362 g/mol. The summed E-state index contributed by atoms with van der Waals surface area (Å²) in [6, 6.07) is 2.97. The van der Waals surface area contributed by atoms with Gasteiger partial charge >= 0.3 is 11.3 Å². The van der Waals surface area contributed by atoms with Crippen LogP contribution < -0.4 is 5.32 Å². The van der Waals surface area contributed by atoms with Crippen molar-refractivity contribution in [2.75, 3.05) is 18.4 Å². The summed E-state index contributed by atoms with van der Waals surface area (Å²) < 4.78 is 30.8. The van der Waals surface area contributed by atoms with Gasteiger partial charge in [0.1, 0.15) is 0 Å². The molecule has 1 fully saturated rings. The first-order valence-corrected chi connectivity index (χ1v) is 9.07. The predicted octanol–water partition coefficient (Wildman–Crippen LogP) is 3.15. The molecule has 26 heavy (non-hydrogen) atoms. The summed E-state index contributed by atoms with van der Waals surface area (Å²) in [6.07, 6.45) is 3.41. The van der Waals surface area contributed by atoms with Crippen LogP contribution >= 0.6 is 11.8 Å². The maximum absolute atomic E-state index is 14.6. The molecule has 3 heterocycles. The second kappa shape index (κ2) is 7.56. The highest BCUT2D eigenvalue weighted by atomic mass is 32.2. The average molecular weight is 382 g/mol. The van der Waals surface area contributed by atoms with Crippen LogP contribution in [0.15, 0.2) is 29.6 Å². The van der Waals surface area contributed by atoms with Gasteiger partial charge in [0.2, 0.25) is 0 Å². The van der Waals surface area contributed by atoms with Gasteiger partial charge in [-0.05, 0) is 43.7 Å². The number of nitrogens with zero attached hydrogens (tertiary/aromatic N) is 5. The average Bonchev–Trinajstić information content (AvgIpc) is 2.92. The summed E-state index contributed by atoms with van der Waals surface area (Å²) in [5.41, 5.74) is 1.24. The molecule has 0 aromatic carbocycles. The second-order valence-corrected chi connectivity index (χ2v) is 7.40. The lowest BCUT2D eigenvalue weighted by molar-refractivity contribution is 0.00976. The first-order chi connectivity index (χ1) is 12.3. The fraction of sp³-hybridized carbons (Fsp3) is 0.500. The predicted molar refractivity (Wildman–Crippen MR) is 94.1 cm³/mol. The summed E-state index contributed by atoms with van der Waals surface area (Å²) in [5.74, 6) is -0.783. The fourth-order valence-electron chi connectivity index (χ4n) is 2.89. The molecule has 1 N–H and O–H groups in total. The molecule has 7 nitrogen and oxygen atoms in total. The highest BCUT2D eigenvalue weighted by Gasteiger charge is 2.43. The number of aromatic nitrogens is 4. The molecule has 3 rings (SSSR count). The minimum absolute atomic E-state index is 0.249. The van der Waals surface area contributed by atoms with Crippen molar-refractivity contribution in [2.24, 2.45) is 13.0 Å². The van der Waals surface area contributed by atoms with Gasteiger partial charge < -0.3 is 10.2 Å². The fourth-order valence-corrected chi connectivity index (χ4v) is 3.97. The number of likely N-dealkylation sites (tertiary alicyclic amines) is 1. The molecule has 2 amide bonds. The summed E-state index contributed by atoms with van der Waals surface area (Å²) in [5, 5.41) is 11.7. The standard InChI is InChI=1S/C16H20F2N6OS/c1-11-9-14(23(2)22-11)26-16(17,18)12-4-7-24(8-5-12)15(25)21-13-3-6-19-20-10-13/h3,6,9-10,12H,4-5,7-8H2,1-2H3,(H,19,21,25). The van der Waals surface area contributed by atoms with Crippen LogP contribution in [0.2, 0.25) is 0 Å². The highest BCUT2D eigenvalue weighted by Crippen LogP contribution is 2.45. The Morgan fingerprint density at radius 2 is 2.08 bits per heavy atom. The van der Waals surface area contributed by atoms with Gasteiger partial charge in [-0.2, -0.15) is 24.1 Å². The normalized spacial score (nSPS) is 15.9. The number of anilines is 1. The topological polar surface area (TPSA) is 75.9 Å². The van der Waals surface area contributed by atoms with Crippen molar-refractivity contribution in [1.82, 2.24) is 24.9 Å². The van der Waals surface area contributed by atoms with E-state index in [0.717, 1.165) is 0 Å². The van der Waals surface area contributed by atoms with E-state index in [2.05, 4.69) is 20.6 Å². The number of alkyl halides is 2. The Kier molecular flexibility index (Phi) is 5.40. The summed E-state index contributed by atoms with van der Waals surface area (Å²) in [6.45, 7) is 2.35. The molecule has 0 spiro atoms. The van der Waals surface area contributed by atoms with Crippen molar-refractivity contribution < 1.29 is 13.6 Å². The Labute approximate surface area is 154 Å². The number of hydrogen-bond acceptors (Lipinski definition) is 5. The molecule has 0 radical (unpaired) electrons. The van der Waals surface area contributed by atoms with Crippen LogP contribution in [-0.2, 0) is 7.05 Å². The Morgan fingerprint density at radius 1 is 1.35 bits per heavy atom. The van der Waals surface area contributed by atoms with E-state index in [1.165, 1.54) is 17.1 Å². The number of thioether (sulfide) groups is 1. The van der Waals surface area contributed by atoms with Crippen LogP contribution in [0.5, 0.6) is 0 Å². The van der Waals surface area contributed by atoms with E-state index >= 15 is 0 Å². The number of carbonyl (C=O) groups excluding carboxylic acids is 1. The van der Waals surface area contributed by atoms with Gasteiger partial charge in [0.05, 0.1) is 28.8 Å². The van der Waals surface area contributed by atoms with Gasteiger partial charge in [-0.25, -0.2) is 4.79 Å². The number of hydrogen-bond donors (Lipinski definition) is 1. The third kappa shape index (κ3) is 4.29. The molecule has 0 atom stereocenters. The van der Waals surface area contributed by atoms with E-state index < -0.39 is 11.2 Å². The van der Waals surface area contributed by atoms with Crippen molar-refractivity contribution in [3.8, 4) is 0 Å². The third-order valence-electron chi connectivity index (χ3n) is 4.29. The van der Waals surface area contributed by atoms with Crippen LogP contribution in [-0.4, -0.2) is 49.3 Å². The van der Waals surface area contributed by atoms with Gasteiger partial charge in [0.15, 0.2) is 0 Å². The zero-order chi connectivity index (χ0) is 18.7. The van der Waals surface area contributed by atoms with Crippen molar-refractivity contribution >= 4 is 23.5 Å². The quantitative estimate of drug-likeness (QED) is 0.822. The van der Waals surface area contributed by atoms with Crippen LogP contribution in [0.1, 0.15) is 18.5 Å². The number of carbonyl (C=O) groups is 1. The molecule has 10 heteroatoms. The first-order valence-electron chi connectivity index (χ1n) is 8.25. The zero-order valence-corrected chi connectivity index (χ0v) is 15.3. The molecule has 140 valence electrons. The molecule has 1 aliphatic heterocycles. The number of aryl methyl sites for hydroxylation is 2. The molecule has 0 saturated carbocycles. The van der Waals surface area contributed by atoms with E-state index in [1.807, 2.05) is 0 Å². The largest absolute Gasteiger partial charge is 0.325 e. The maximum atomic E-state index is 14.6. The maximum Gasteiger partial charge on any atom is 0.321 e. The van der Waals surface area contributed by atoms with Gasteiger partial charge in [-0.1, -0.05) is 0 Å². The van der Waals surface area contributed by atoms with E-state index in [-0.39, 0.29) is 32.0 Å². The van der Waals surface area contributed by atoms with Gasteiger partial charge in [0, 0.05) is 26.1 Å². The molecule has 1 saturated heterocycles. The van der Waals surface area contributed by atoms with Crippen molar-refractivity contribution in [2.45, 2.75) is 30.0 Å². The summed E-state index contributed by atoms with van der Waals surface area (Å²) in [4.78, 5) is 13.8. The monoisotopic (exact) mass is 382 g/mol. The number of urea groups is 1. The summed E-state index contributed by atoms with van der Waals surface area (Å²) in [7, 11) is 1.66. The highest BCUT2D eigenvalue weighted by molar-refractivity contribution is 8.00. The molecule has 2 aromatic heterocycles. The van der Waals surface area contributed by atoms with Crippen molar-refractivity contribution in [3.05, 3.63) is 30.2 Å². The summed E-state index contributed by atoms with van der Waals surface area (Å²) >= 11 is 0.545. The van der Waals surface area contributed by atoms with Gasteiger partial charge in [0.25, 0.3) is 0 Å². The molecule has 0 unspecified atom stereocenters. The third-order valence-corrected chi connectivity index (χ3v) is 5.49. The smallest absolute Gasteiger partial charge is 0.321 e. The van der Waals surface area contributed by atoms with E-state index in [9.17, 15) is 13.6 Å². The number of piperidine rings is 1. The minimum Gasteiger partial charge on any atom is -0.325 e. The lowest BCUT2D eigenvalue weighted by Gasteiger charge is -2.35. The molecular formula is C16H20F2N6OS. The van der Waals surface area contributed by atoms with Crippen molar-refractivity contribution in [1.29, 1.82) is 0 Å². The van der Waals surface area contributed by atoms with Crippen LogP contribution in [0, 0.1) is 12.8 Å². The molecule has 0 bridgehead atoms. The van der Waals surface area contributed by atoms with E-state index in [1.54, 1.807) is 31.0 Å². The Bertz CT molecular complexity index is 761. The van der Waals surface area contributed by atoms with Crippen molar-refractivity contribution in [3.63, 3.8) is 0 Å². The lowest BCUT2D eigenvalue weighted by Crippen LogP contribution is -2.44. The Balaban J connectivity index is 1.55. The Hall–Kier alpha value is -2.23. The van der Waals surface area contributed by atoms with Gasteiger partial charge in [-0.3, -0.25) is 4.68 Å². The molecule has 0 aliphatic carbocycles. The Morgan fingerprint density at radius 3 is 2.65 bits per heavy atom. The lowest BCUT2D eigenvalue weighted by atomic mass is 9.97. The number of amides is 2. The molecule has 1 aliphatic rings. The first kappa shape index (κ1) is 18.6. The van der Waals surface area contributed by atoms with Crippen LogP contribution in [0.4, 0.5) is 19.3 Å². The number of nitrogens with one attached hydrogen (secondary N) is 1. The number of rotatable bonds is 4. The van der Waals surface area contributed by atoms with Gasteiger partial charge in [-0.15, -0.1) is 0 Å². The van der Waals surface area contributed by atoms with E-state index in [0.29, 0.717) is 28.2 Å². The zero-order valence-electron chi connectivity index (χ0n) is 14.5. The van der Waals surface area contributed by atoms with E-state index in [4.69, 9.17) is 0 Å². The minimum atomic E-state index is -2.90. The second-order valence-electron chi connectivity index (χ2n) is 6.23. The number of halogens is 2.